The van der Waals surface area contributed by atoms with E-state index in [0.717, 1.165) is 0 Å². The Morgan fingerprint density at radius 3 is 2.09 bits per heavy atom. The lowest BCUT2D eigenvalue weighted by atomic mass is 9.80. The number of hydrogen-bond donors (Lipinski definition) is 2. The fourth-order valence-corrected chi connectivity index (χ4v) is 0.684. The maximum absolute atomic E-state index is 12.5. The van der Waals surface area contributed by atoms with Crippen LogP contribution in [0, 0.1) is 5.82 Å². The summed E-state index contributed by atoms with van der Waals surface area (Å²) in [5.74, 6) is -0.600. The van der Waals surface area contributed by atoms with Crippen molar-refractivity contribution in [1.29, 1.82) is 0 Å². The molecule has 4 heteroatoms. The second kappa shape index (κ2) is 4.11. The van der Waals surface area contributed by atoms with Crippen LogP contribution in [0.2, 0.25) is 0 Å². The zero-order valence-corrected chi connectivity index (χ0v) is 5.16. The fraction of sp³-hybridized carbons (Fsp3) is 0.143. The fourth-order valence-electron chi connectivity index (χ4n) is 0.684. The van der Waals surface area contributed by atoms with Gasteiger partial charge in [0.2, 0.25) is 0 Å². The highest BCUT2D eigenvalue weighted by molar-refractivity contribution is 6.58. The first-order valence-corrected chi connectivity index (χ1v) is 2.82. The molecule has 0 radical (unpaired) electrons. The van der Waals surface area contributed by atoms with Gasteiger partial charge in [0.15, 0.2) is 0 Å². The van der Waals surface area contributed by atoms with Gasteiger partial charge in [-0.05, 0) is 6.07 Å². The molecule has 0 fully saturated rings. The van der Waals surface area contributed by atoms with Gasteiger partial charge in [-0.25, -0.2) is 4.39 Å². The van der Waals surface area contributed by atoms with E-state index in [0.29, 0.717) is 0 Å². The highest BCUT2D eigenvalue weighted by Crippen LogP contribution is 1.92. The van der Waals surface area contributed by atoms with Gasteiger partial charge in [0.05, 0.1) is 0 Å². The molecule has 0 heterocycles. The van der Waals surface area contributed by atoms with Crippen molar-refractivity contribution in [2.75, 3.05) is 0 Å². The summed E-state index contributed by atoms with van der Waals surface area (Å²) in [4.78, 5) is 0. The van der Waals surface area contributed by atoms with Crippen LogP contribution in [0.5, 0.6) is 0 Å². The van der Waals surface area contributed by atoms with Crippen LogP contribution in [0.3, 0.4) is 0 Å². The Morgan fingerprint density at radius 2 is 1.73 bits per heavy atom. The second-order valence-corrected chi connectivity index (χ2v) is 1.90. The third-order valence-electron chi connectivity index (χ3n) is 1.18. The van der Waals surface area contributed by atoms with Crippen LogP contribution in [-0.2, 0) is 0 Å². The largest absolute Gasteiger partial charge is 0.491 e. The number of rotatable bonds is 1. The van der Waals surface area contributed by atoms with Crippen molar-refractivity contribution in [3.8, 4) is 0 Å². The summed E-state index contributed by atoms with van der Waals surface area (Å²) in [5.41, 5.74) is -0.0949. The van der Waals surface area contributed by atoms with Crippen LogP contribution < -0.4 is 5.46 Å². The Kier molecular flexibility index (Phi) is 3.78. The molecular formula is C7H10BFO2. The van der Waals surface area contributed by atoms with Crippen LogP contribution in [0.1, 0.15) is 7.43 Å². The lowest BCUT2D eigenvalue weighted by Crippen LogP contribution is -2.32. The molecule has 0 bridgehead atoms. The lowest BCUT2D eigenvalue weighted by molar-refractivity contribution is 0.423. The van der Waals surface area contributed by atoms with Crippen molar-refractivity contribution in [1.82, 2.24) is 0 Å². The average Bonchev–Trinajstić information content (AvgIpc) is 1.88. The van der Waals surface area contributed by atoms with E-state index in [2.05, 4.69) is 0 Å². The average molecular weight is 156 g/mol. The Hall–Kier alpha value is -0.865. The Morgan fingerprint density at radius 1 is 1.18 bits per heavy atom. The van der Waals surface area contributed by atoms with Gasteiger partial charge in [0, 0.05) is 5.46 Å². The number of benzene rings is 1. The van der Waals surface area contributed by atoms with Crippen LogP contribution in [0.15, 0.2) is 24.3 Å². The summed E-state index contributed by atoms with van der Waals surface area (Å²) in [6, 6.07) is 5.52. The van der Waals surface area contributed by atoms with Crippen LogP contribution >= 0.6 is 0 Å². The molecule has 0 aliphatic heterocycles. The molecule has 1 rings (SSSR count). The lowest BCUT2D eigenvalue weighted by Gasteiger charge is -1.98. The Bertz CT molecular complexity index is 227. The van der Waals surface area contributed by atoms with E-state index in [1.165, 1.54) is 24.3 Å². The molecule has 1 aromatic carbocycles. The standard InChI is InChI=1S/C6H6BFO2.CH4/c8-6-4-2-1-3-5(6)7(9)10;/h1-4,9-10H;1H4. The molecule has 0 saturated heterocycles. The molecule has 2 N–H and O–H groups in total. The molecule has 1 aromatic rings. The zero-order valence-electron chi connectivity index (χ0n) is 5.16. The Labute approximate surface area is 65.4 Å². The van der Waals surface area contributed by atoms with Gasteiger partial charge in [0.25, 0.3) is 0 Å². The molecule has 60 valence electrons. The molecule has 0 spiro atoms. The monoisotopic (exact) mass is 156 g/mol. The van der Waals surface area contributed by atoms with Crippen LogP contribution in [0.4, 0.5) is 4.39 Å². The minimum absolute atomic E-state index is 0. The van der Waals surface area contributed by atoms with Gasteiger partial charge < -0.3 is 10.0 Å². The van der Waals surface area contributed by atoms with Gasteiger partial charge in [-0.15, -0.1) is 0 Å². The maximum atomic E-state index is 12.5. The molecule has 0 amide bonds. The summed E-state index contributed by atoms with van der Waals surface area (Å²) in [5, 5.41) is 17.0. The quantitative estimate of drug-likeness (QED) is 0.567. The normalized spacial score (nSPS) is 8.64. The summed E-state index contributed by atoms with van der Waals surface area (Å²) in [6.45, 7) is 0. The third-order valence-corrected chi connectivity index (χ3v) is 1.18. The molecule has 0 atom stereocenters. The molecule has 11 heavy (non-hydrogen) atoms. The highest BCUT2D eigenvalue weighted by atomic mass is 19.1. The smallest absolute Gasteiger partial charge is 0.423 e. The predicted octanol–water partition coefficient (Wildman–Crippen LogP) is 0.142. The summed E-state index contributed by atoms with van der Waals surface area (Å²) in [6.07, 6.45) is 0. The second-order valence-electron chi connectivity index (χ2n) is 1.90. The molecule has 0 aliphatic carbocycles. The van der Waals surface area contributed by atoms with Gasteiger partial charge in [-0.1, -0.05) is 25.6 Å². The van der Waals surface area contributed by atoms with E-state index in [1.807, 2.05) is 0 Å². The SMILES string of the molecule is C.OB(O)c1ccccc1F. The molecule has 0 aromatic heterocycles. The first-order chi connectivity index (χ1) is 4.72. The highest BCUT2D eigenvalue weighted by Gasteiger charge is 2.14. The van der Waals surface area contributed by atoms with Gasteiger partial charge in [-0.2, -0.15) is 0 Å². The molecule has 0 unspecified atom stereocenters. The van der Waals surface area contributed by atoms with E-state index >= 15 is 0 Å². The van der Waals surface area contributed by atoms with Crippen LogP contribution in [0.25, 0.3) is 0 Å². The first kappa shape index (κ1) is 10.1. The summed E-state index contributed by atoms with van der Waals surface area (Å²) >= 11 is 0. The molecule has 0 aliphatic rings. The van der Waals surface area contributed by atoms with E-state index in [4.69, 9.17) is 10.0 Å². The number of hydrogen-bond acceptors (Lipinski definition) is 2. The maximum Gasteiger partial charge on any atom is 0.491 e. The molecule has 0 saturated carbocycles. The minimum Gasteiger partial charge on any atom is -0.423 e. The van der Waals surface area contributed by atoms with Gasteiger partial charge in [-0.3, -0.25) is 0 Å². The topological polar surface area (TPSA) is 40.5 Å². The van der Waals surface area contributed by atoms with Crippen molar-refractivity contribution in [3.63, 3.8) is 0 Å². The van der Waals surface area contributed by atoms with Gasteiger partial charge >= 0.3 is 7.12 Å². The predicted molar refractivity (Wildman–Crippen MR) is 43.0 cm³/mol. The third kappa shape index (κ3) is 2.33. The van der Waals surface area contributed by atoms with Crippen molar-refractivity contribution >= 4 is 12.6 Å². The van der Waals surface area contributed by atoms with E-state index < -0.39 is 12.9 Å². The zero-order chi connectivity index (χ0) is 7.56. The minimum atomic E-state index is -1.72. The van der Waals surface area contributed by atoms with Crippen molar-refractivity contribution in [2.24, 2.45) is 0 Å². The van der Waals surface area contributed by atoms with Crippen LogP contribution in [-0.4, -0.2) is 17.2 Å². The number of halogens is 1. The summed E-state index contributed by atoms with van der Waals surface area (Å²) in [7, 11) is -1.72. The van der Waals surface area contributed by atoms with Crippen molar-refractivity contribution in [2.45, 2.75) is 7.43 Å². The van der Waals surface area contributed by atoms with Crippen molar-refractivity contribution < 1.29 is 14.4 Å². The summed E-state index contributed by atoms with van der Waals surface area (Å²) < 4.78 is 12.5. The van der Waals surface area contributed by atoms with E-state index in [9.17, 15) is 4.39 Å². The molecule has 2 nitrogen and oxygen atoms in total. The van der Waals surface area contributed by atoms with Crippen molar-refractivity contribution in [3.05, 3.63) is 30.1 Å². The van der Waals surface area contributed by atoms with Gasteiger partial charge in [0.1, 0.15) is 5.82 Å². The first-order valence-electron chi connectivity index (χ1n) is 2.82. The molecular weight excluding hydrogens is 146 g/mol. The van der Waals surface area contributed by atoms with E-state index in [1.54, 1.807) is 0 Å². The Balaban J connectivity index is 0.000001000. The van der Waals surface area contributed by atoms with E-state index in [-0.39, 0.29) is 12.9 Å².